The summed E-state index contributed by atoms with van der Waals surface area (Å²) in [5.74, 6) is -0.493. The summed E-state index contributed by atoms with van der Waals surface area (Å²) in [5, 5.41) is 23.8. The number of amides is 1. The second-order valence-corrected chi connectivity index (χ2v) is 17.5. The lowest BCUT2D eigenvalue weighted by Crippen LogP contribution is -2.46. The number of nitrogens with one attached hydrogen (secondary N) is 1. The summed E-state index contributed by atoms with van der Waals surface area (Å²) in [4.78, 5) is 26.1. The van der Waals surface area contributed by atoms with Crippen LogP contribution in [0.4, 0.5) is 0 Å². The number of allylic oxidation sites excluding steroid dienone is 8. The van der Waals surface area contributed by atoms with Gasteiger partial charge in [0.1, 0.15) is 6.10 Å². The highest BCUT2D eigenvalue weighted by Crippen LogP contribution is 2.18. The molecule has 0 aromatic rings. The number of unbranched alkanes of at least 4 members (excludes halogenated alkanes) is 26. The van der Waals surface area contributed by atoms with Crippen LogP contribution in [0.15, 0.2) is 48.6 Å². The summed E-state index contributed by atoms with van der Waals surface area (Å²) >= 11 is 0. The van der Waals surface area contributed by atoms with E-state index in [9.17, 15) is 19.8 Å². The van der Waals surface area contributed by atoms with Gasteiger partial charge in [-0.05, 0) is 77.0 Å². The highest BCUT2D eigenvalue weighted by Gasteiger charge is 2.24. The average molecular weight is 842 g/mol. The summed E-state index contributed by atoms with van der Waals surface area (Å²) in [5.41, 5.74) is 0. The third-order valence-corrected chi connectivity index (χ3v) is 11.7. The highest BCUT2D eigenvalue weighted by atomic mass is 16.5. The first-order valence-electron chi connectivity index (χ1n) is 25.9. The van der Waals surface area contributed by atoms with Gasteiger partial charge in [0.05, 0.1) is 25.2 Å². The van der Waals surface area contributed by atoms with E-state index >= 15 is 0 Å². The van der Waals surface area contributed by atoms with Gasteiger partial charge < -0.3 is 20.3 Å². The smallest absolute Gasteiger partial charge is 0.306 e. The van der Waals surface area contributed by atoms with Gasteiger partial charge in [-0.15, -0.1) is 0 Å². The van der Waals surface area contributed by atoms with Crippen molar-refractivity contribution in [3.05, 3.63) is 48.6 Å². The first kappa shape index (κ1) is 57.8. The Morgan fingerprint density at radius 2 is 0.900 bits per heavy atom. The van der Waals surface area contributed by atoms with Crippen molar-refractivity contribution in [2.24, 2.45) is 0 Å². The number of hydrogen-bond acceptors (Lipinski definition) is 5. The van der Waals surface area contributed by atoms with Crippen molar-refractivity contribution in [2.45, 2.75) is 277 Å². The molecule has 0 saturated heterocycles. The monoisotopic (exact) mass is 842 g/mol. The minimum absolute atomic E-state index is 0.0653. The molecule has 0 radical (unpaired) electrons. The van der Waals surface area contributed by atoms with E-state index in [0.29, 0.717) is 19.3 Å². The minimum Gasteiger partial charge on any atom is -0.462 e. The SMILES string of the molecule is CC/C=C/C/C=C/CCCCCCCCCC(=O)OC(CCCCCCC/C=C/C/C=C/CC)CC(=O)NC(CO)C(O)CCCCCCCCCCCCCCCCC. The van der Waals surface area contributed by atoms with E-state index in [1.165, 1.54) is 116 Å². The Kier molecular flexibility index (Phi) is 46.1. The molecular weight excluding hydrogens is 743 g/mol. The molecule has 0 aliphatic heterocycles. The normalized spacial score (nSPS) is 13.6. The van der Waals surface area contributed by atoms with Gasteiger partial charge in [-0.1, -0.05) is 217 Å². The number of carbonyl (C=O) groups excluding carboxylic acids is 2. The van der Waals surface area contributed by atoms with Crippen LogP contribution < -0.4 is 5.32 Å². The lowest BCUT2D eigenvalue weighted by atomic mass is 10.0. The largest absolute Gasteiger partial charge is 0.462 e. The molecule has 0 spiro atoms. The number of aliphatic hydroxyl groups excluding tert-OH is 2. The predicted molar refractivity (Wildman–Crippen MR) is 259 cm³/mol. The number of rotatable bonds is 46. The van der Waals surface area contributed by atoms with Gasteiger partial charge in [-0.3, -0.25) is 9.59 Å². The Balaban J connectivity index is 4.54. The summed E-state index contributed by atoms with van der Waals surface area (Å²) in [6, 6.07) is -0.707. The minimum atomic E-state index is -0.792. The fourth-order valence-electron chi connectivity index (χ4n) is 7.80. The molecule has 0 rings (SSSR count). The fraction of sp³-hybridized carbons (Fsp3) is 0.815. The van der Waals surface area contributed by atoms with Crippen molar-refractivity contribution < 1.29 is 24.5 Å². The summed E-state index contributed by atoms with van der Waals surface area (Å²) < 4.78 is 5.92. The molecule has 0 bridgehead atoms. The Labute approximate surface area is 372 Å². The van der Waals surface area contributed by atoms with E-state index in [4.69, 9.17) is 4.74 Å². The van der Waals surface area contributed by atoms with Crippen molar-refractivity contribution in [1.29, 1.82) is 0 Å². The molecule has 60 heavy (non-hydrogen) atoms. The molecule has 6 heteroatoms. The number of hydrogen-bond donors (Lipinski definition) is 3. The van der Waals surface area contributed by atoms with Crippen LogP contribution in [0.25, 0.3) is 0 Å². The van der Waals surface area contributed by atoms with E-state index < -0.39 is 18.2 Å². The summed E-state index contributed by atoms with van der Waals surface area (Å²) in [6.07, 6.45) is 57.4. The fourth-order valence-corrected chi connectivity index (χ4v) is 7.80. The van der Waals surface area contributed by atoms with Gasteiger partial charge >= 0.3 is 5.97 Å². The van der Waals surface area contributed by atoms with Gasteiger partial charge in [-0.25, -0.2) is 0 Å². The maximum Gasteiger partial charge on any atom is 0.306 e. The molecule has 0 aliphatic rings. The number of aliphatic hydroxyl groups is 2. The molecule has 6 nitrogen and oxygen atoms in total. The molecule has 0 aliphatic carbocycles. The third kappa shape index (κ3) is 42.5. The van der Waals surface area contributed by atoms with Gasteiger partial charge in [0.15, 0.2) is 0 Å². The lowest BCUT2D eigenvalue weighted by Gasteiger charge is -2.24. The Bertz CT molecular complexity index is 1040. The summed E-state index contributed by atoms with van der Waals surface area (Å²) in [6.45, 7) is 6.28. The quantitative estimate of drug-likeness (QED) is 0.0322. The van der Waals surface area contributed by atoms with Crippen LogP contribution in [0.3, 0.4) is 0 Å². The zero-order valence-corrected chi connectivity index (χ0v) is 39.8. The van der Waals surface area contributed by atoms with Crippen LogP contribution >= 0.6 is 0 Å². The van der Waals surface area contributed by atoms with Crippen molar-refractivity contribution in [3.63, 3.8) is 0 Å². The topological polar surface area (TPSA) is 95.9 Å². The molecule has 3 unspecified atom stereocenters. The van der Waals surface area contributed by atoms with Crippen molar-refractivity contribution in [3.8, 4) is 0 Å². The van der Waals surface area contributed by atoms with E-state index in [0.717, 1.165) is 96.3 Å². The maximum atomic E-state index is 13.2. The van der Waals surface area contributed by atoms with Crippen LogP contribution in [-0.2, 0) is 14.3 Å². The van der Waals surface area contributed by atoms with Crippen molar-refractivity contribution in [2.75, 3.05) is 6.61 Å². The van der Waals surface area contributed by atoms with Crippen LogP contribution in [0.2, 0.25) is 0 Å². The molecule has 1 amide bonds. The van der Waals surface area contributed by atoms with Gasteiger partial charge in [0.25, 0.3) is 0 Å². The first-order valence-corrected chi connectivity index (χ1v) is 25.9. The zero-order valence-electron chi connectivity index (χ0n) is 39.8. The third-order valence-electron chi connectivity index (χ3n) is 11.7. The van der Waals surface area contributed by atoms with Gasteiger partial charge in [0, 0.05) is 6.42 Å². The predicted octanol–water partition coefficient (Wildman–Crippen LogP) is 15.5. The van der Waals surface area contributed by atoms with E-state index in [-0.39, 0.29) is 24.9 Å². The Morgan fingerprint density at radius 3 is 1.35 bits per heavy atom. The van der Waals surface area contributed by atoms with E-state index in [1.807, 2.05) is 0 Å². The molecule has 0 aromatic heterocycles. The van der Waals surface area contributed by atoms with Crippen LogP contribution in [-0.4, -0.2) is 46.9 Å². The van der Waals surface area contributed by atoms with Gasteiger partial charge in [-0.2, -0.15) is 0 Å². The summed E-state index contributed by atoms with van der Waals surface area (Å²) in [7, 11) is 0. The van der Waals surface area contributed by atoms with Crippen LogP contribution in [0.5, 0.6) is 0 Å². The molecule has 3 atom stereocenters. The second kappa shape index (κ2) is 47.9. The van der Waals surface area contributed by atoms with E-state index in [1.54, 1.807) is 0 Å². The number of carbonyl (C=O) groups is 2. The number of esters is 1. The Morgan fingerprint density at radius 1 is 0.500 bits per heavy atom. The molecule has 0 fully saturated rings. The molecular formula is C54H99NO5. The molecule has 0 heterocycles. The zero-order chi connectivity index (χ0) is 43.8. The second-order valence-electron chi connectivity index (χ2n) is 17.5. The number of ether oxygens (including phenoxy) is 1. The van der Waals surface area contributed by atoms with Crippen molar-refractivity contribution >= 4 is 11.9 Å². The first-order chi connectivity index (χ1) is 29.5. The van der Waals surface area contributed by atoms with Crippen molar-refractivity contribution in [1.82, 2.24) is 5.32 Å². The molecule has 0 saturated carbocycles. The lowest BCUT2D eigenvalue weighted by molar-refractivity contribution is -0.151. The average Bonchev–Trinajstić information content (AvgIpc) is 3.24. The van der Waals surface area contributed by atoms with Gasteiger partial charge in [0.2, 0.25) is 5.91 Å². The van der Waals surface area contributed by atoms with Crippen LogP contribution in [0, 0.1) is 0 Å². The highest BCUT2D eigenvalue weighted by molar-refractivity contribution is 5.77. The standard InChI is InChI=1S/C54H99NO5/c1-4-7-10-13-16-19-22-25-27-28-31-34-37-40-43-46-52(57)51(49-56)55-53(58)48-50(45-42-39-36-33-30-24-21-18-15-12-9-6-3)60-54(59)47-44-41-38-35-32-29-26-23-20-17-14-11-8-5-2/h8-9,11-12,17-18,20-21,50-52,56-57H,4-7,10,13-16,19,22-49H2,1-3H3,(H,55,58)/b11-8+,12-9+,20-17+,21-18+. The molecule has 350 valence electrons. The van der Waals surface area contributed by atoms with E-state index in [2.05, 4.69) is 74.7 Å². The molecule has 0 aromatic carbocycles. The Hall–Kier alpha value is -2.18. The molecule has 3 N–H and O–H groups in total. The maximum absolute atomic E-state index is 13.2. The van der Waals surface area contributed by atoms with Crippen LogP contribution in [0.1, 0.15) is 258 Å².